The van der Waals surface area contributed by atoms with Crippen LogP contribution in [0.1, 0.15) is 36.8 Å². The average Bonchev–Trinajstić information content (AvgIpc) is 2.97. The quantitative estimate of drug-likeness (QED) is 0.617. The molecule has 2 aliphatic heterocycles. The summed E-state index contributed by atoms with van der Waals surface area (Å²) in [4.78, 5) is 15.7. The molecule has 2 fully saturated rings. The number of esters is 1. The van der Waals surface area contributed by atoms with Crippen LogP contribution in [0.4, 0.5) is 0 Å². The fourth-order valence-electron chi connectivity index (χ4n) is 4.77. The van der Waals surface area contributed by atoms with Crippen LogP contribution in [0.2, 0.25) is 0 Å². The number of nitrogens with zero attached hydrogens (tertiary/aromatic N) is 1. The molecule has 28 heavy (non-hydrogen) atoms. The molecule has 2 bridgehead atoms. The molecule has 4 heteroatoms. The minimum atomic E-state index is -1.81. The van der Waals surface area contributed by atoms with E-state index in [1.807, 2.05) is 42.5 Å². The zero-order chi connectivity index (χ0) is 19.6. The molecule has 0 spiro atoms. The van der Waals surface area contributed by atoms with Crippen LogP contribution in [0.3, 0.4) is 0 Å². The monoisotopic (exact) mass is 377 g/mol. The van der Waals surface area contributed by atoms with Crippen molar-refractivity contribution >= 4 is 5.97 Å². The summed E-state index contributed by atoms with van der Waals surface area (Å²) < 4.78 is 5.93. The summed E-state index contributed by atoms with van der Waals surface area (Å²) in [6.07, 6.45) is 5.68. The van der Waals surface area contributed by atoms with Gasteiger partial charge in [0.05, 0.1) is 0 Å². The summed E-state index contributed by atoms with van der Waals surface area (Å²) >= 11 is 0. The van der Waals surface area contributed by atoms with Crippen molar-refractivity contribution in [1.82, 2.24) is 4.90 Å². The molecular formula is C24H27NO3. The third kappa shape index (κ3) is 3.38. The Hall–Kier alpha value is -2.43. The lowest BCUT2D eigenvalue weighted by Gasteiger charge is -2.39. The maximum Gasteiger partial charge on any atom is 0.347 e. The maximum atomic E-state index is 13.3. The molecule has 2 aromatic rings. The Morgan fingerprint density at radius 2 is 1.54 bits per heavy atom. The van der Waals surface area contributed by atoms with E-state index in [2.05, 4.69) is 11.5 Å². The molecule has 146 valence electrons. The van der Waals surface area contributed by atoms with E-state index in [-0.39, 0.29) is 6.10 Å². The molecule has 0 aromatic heterocycles. The van der Waals surface area contributed by atoms with Crippen LogP contribution in [0.5, 0.6) is 0 Å². The van der Waals surface area contributed by atoms with Crippen LogP contribution < -0.4 is 0 Å². The number of hydrogen-bond donors (Lipinski definition) is 1. The molecule has 3 atom stereocenters. The van der Waals surface area contributed by atoms with E-state index in [9.17, 15) is 9.90 Å². The van der Waals surface area contributed by atoms with Gasteiger partial charge in [0.15, 0.2) is 0 Å². The summed E-state index contributed by atoms with van der Waals surface area (Å²) in [5.74, 6) is -0.591. The van der Waals surface area contributed by atoms with Crippen molar-refractivity contribution in [3.8, 4) is 0 Å². The van der Waals surface area contributed by atoms with Crippen LogP contribution in [0, 0.1) is 0 Å². The number of hydrogen-bond acceptors (Lipinski definition) is 4. The van der Waals surface area contributed by atoms with Crippen LogP contribution >= 0.6 is 0 Å². The molecule has 0 saturated carbocycles. The second kappa shape index (κ2) is 7.90. The highest BCUT2D eigenvalue weighted by molar-refractivity contribution is 5.85. The largest absolute Gasteiger partial charge is 0.460 e. The second-order valence-corrected chi connectivity index (χ2v) is 7.81. The van der Waals surface area contributed by atoms with Gasteiger partial charge in [-0.15, -0.1) is 6.58 Å². The minimum Gasteiger partial charge on any atom is -0.460 e. The summed E-state index contributed by atoms with van der Waals surface area (Å²) in [6, 6.07) is 19.0. The molecule has 2 saturated heterocycles. The number of carbonyl (C=O) groups is 1. The van der Waals surface area contributed by atoms with Gasteiger partial charge in [0, 0.05) is 31.5 Å². The van der Waals surface area contributed by atoms with E-state index in [0.29, 0.717) is 23.2 Å². The van der Waals surface area contributed by atoms with Gasteiger partial charge in [-0.3, -0.25) is 4.90 Å². The lowest BCUT2D eigenvalue weighted by atomic mass is 9.86. The zero-order valence-electron chi connectivity index (χ0n) is 16.0. The van der Waals surface area contributed by atoms with Gasteiger partial charge in [0.25, 0.3) is 0 Å². The third-order valence-electron chi connectivity index (χ3n) is 6.13. The van der Waals surface area contributed by atoms with Crippen molar-refractivity contribution in [1.29, 1.82) is 0 Å². The molecule has 2 heterocycles. The number of rotatable bonds is 6. The molecule has 1 N–H and O–H groups in total. The first-order chi connectivity index (χ1) is 13.6. The van der Waals surface area contributed by atoms with E-state index >= 15 is 0 Å². The van der Waals surface area contributed by atoms with Gasteiger partial charge in [-0.25, -0.2) is 4.79 Å². The SMILES string of the molecule is C=CCN1[C@@H]2CC[C@H]1CC(OC(=O)C(O)(c1ccccc1)c1ccccc1)C2. The minimum absolute atomic E-state index is 0.162. The smallest absolute Gasteiger partial charge is 0.347 e. The average molecular weight is 377 g/mol. The Labute approximate surface area is 166 Å². The Morgan fingerprint density at radius 3 is 2.00 bits per heavy atom. The highest BCUT2D eigenvalue weighted by Crippen LogP contribution is 2.38. The highest BCUT2D eigenvalue weighted by atomic mass is 16.6. The van der Waals surface area contributed by atoms with Crippen molar-refractivity contribution in [2.75, 3.05) is 6.54 Å². The van der Waals surface area contributed by atoms with E-state index < -0.39 is 11.6 Å². The molecule has 1 unspecified atom stereocenters. The van der Waals surface area contributed by atoms with E-state index in [1.54, 1.807) is 24.3 Å². The Balaban J connectivity index is 1.57. The van der Waals surface area contributed by atoms with Gasteiger partial charge in [0.2, 0.25) is 5.60 Å². The number of carbonyl (C=O) groups excluding carboxylic acids is 1. The lowest BCUT2D eigenvalue weighted by molar-refractivity contribution is -0.171. The fraction of sp³-hybridized carbons (Fsp3) is 0.375. The normalized spacial score (nSPS) is 24.7. The standard InChI is InChI=1S/C24H27NO3/c1-2-15-25-20-13-14-21(25)17-22(16-20)28-23(26)24(27,18-9-5-3-6-10-18)19-11-7-4-8-12-19/h2-12,20-22,27H,1,13-17H2/t20-,21+,22?. The van der Waals surface area contributed by atoms with Gasteiger partial charge in [0.1, 0.15) is 6.10 Å². The van der Waals surface area contributed by atoms with E-state index in [0.717, 1.165) is 32.2 Å². The molecule has 0 radical (unpaired) electrons. The molecule has 0 aliphatic carbocycles. The fourth-order valence-corrected chi connectivity index (χ4v) is 4.77. The number of benzene rings is 2. The van der Waals surface area contributed by atoms with Gasteiger partial charge >= 0.3 is 5.97 Å². The van der Waals surface area contributed by atoms with E-state index in [1.165, 1.54) is 0 Å². The summed E-state index contributed by atoms with van der Waals surface area (Å²) in [5, 5.41) is 11.5. The predicted molar refractivity (Wildman–Crippen MR) is 109 cm³/mol. The topological polar surface area (TPSA) is 49.8 Å². The molecule has 2 aromatic carbocycles. The molecular weight excluding hydrogens is 350 g/mol. The van der Waals surface area contributed by atoms with Crippen molar-refractivity contribution < 1.29 is 14.6 Å². The lowest BCUT2D eigenvalue weighted by Crippen LogP contribution is -2.48. The molecule has 0 amide bonds. The zero-order valence-corrected chi connectivity index (χ0v) is 16.0. The number of piperidine rings is 1. The van der Waals surface area contributed by atoms with Gasteiger partial charge in [-0.2, -0.15) is 0 Å². The van der Waals surface area contributed by atoms with Crippen LogP contribution in [-0.2, 0) is 15.1 Å². The number of ether oxygens (including phenoxy) is 1. The Bertz CT molecular complexity index is 767. The molecule has 2 aliphatic rings. The van der Waals surface area contributed by atoms with Crippen LogP contribution in [0.15, 0.2) is 73.3 Å². The first kappa shape index (κ1) is 18.9. The van der Waals surface area contributed by atoms with Crippen molar-refractivity contribution in [3.05, 3.63) is 84.4 Å². The molecule has 4 nitrogen and oxygen atoms in total. The number of fused-ring (bicyclic) bond motifs is 2. The van der Waals surface area contributed by atoms with Gasteiger partial charge < -0.3 is 9.84 Å². The number of aliphatic hydroxyl groups is 1. The van der Waals surface area contributed by atoms with Gasteiger partial charge in [-0.05, 0) is 24.0 Å². The van der Waals surface area contributed by atoms with Crippen molar-refractivity contribution in [3.63, 3.8) is 0 Å². The predicted octanol–water partition coefficient (Wildman–Crippen LogP) is 3.65. The molecule has 4 rings (SSSR count). The summed E-state index contributed by atoms with van der Waals surface area (Å²) in [7, 11) is 0. The highest BCUT2D eigenvalue weighted by Gasteiger charge is 2.46. The van der Waals surface area contributed by atoms with Crippen LogP contribution in [-0.4, -0.2) is 40.7 Å². The third-order valence-corrected chi connectivity index (χ3v) is 6.13. The van der Waals surface area contributed by atoms with Crippen molar-refractivity contribution in [2.45, 2.75) is 49.5 Å². The summed E-state index contributed by atoms with van der Waals surface area (Å²) in [5.41, 5.74) is -0.753. The first-order valence-corrected chi connectivity index (χ1v) is 10.0. The van der Waals surface area contributed by atoms with Crippen molar-refractivity contribution in [2.24, 2.45) is 0 Å². The maximum absolute atomic E-state index is 13.3. The van der Waals surface area contributed by atoms with E-state index in [4.69, 9.17) is 4.74 Å². The van der Waals surface area contributed by atoms with Crippen LogP contribution in [0.25, 0.3) is 0 Å². The summed E-state index contributed by atoms with van der Waals surface area (Å²) in [6.45, 7) is 4.74. The van der Waals surface area contributed by atoms with Gasteiger partial charge in [-0.1, -0.05) is 66.7 Å². The Morgan fingerprint density at radius 1 is 1.04 bits per heavy atom. The second-order valence-electron chi connectivity index (χ2n) is 7.81. The Kier molecular flexibility index (Phi) is 5.33. The first-order valence-electron chi connectivity index (χ1n) is 10.0.